The fourth-order valence-corrected chi connectivity index (χ4v) is 3.35. The van der Waals surface area contributed by atoms with Gasteiger partial charge >= 0.3 is 5.97 Å². The number of hydrogen-bond donors (Lipinski definition) is 1. The van der Waals surface area contributed by atoms with Crippen LogP contribution >= 0.6 is 0 Å². The fourth-order valence-electron chi connectivity index (χ4n) is 3.35. The Morgan fingerprint density at radius 2 is 1.81 bits per heavy atom. The molecule has 0 aliphatic heterocycles. The van der Waals surface area contributed by atoms with E-state index in [1.807, 2.05) is 68.3 Å². The van der Waals surface area contributed by atoms with E-state index in [1.54, 1.807) is 7.11 Å². The van der Waals surface area contributed by atoms with Crippen molar-refractivity contribution < 1.29 is 19.4 Å². The maximum absolute atomic E-state index is 11.7. The van der Waals surface area contributed by atoms with Gasteiger partial charge < -0.3 is 19.5 Å². The predicted molar refractivity (Wildman–Crippen MR) is 124 cm³/mol. The molecule has 2 aromatic carbocycles. The Morgan fingerprint density at radius 3 is 2.53 bits per heavy atom. The molecule has 1 N–H and O–H groups in total. The number of carboxylic acid groups (broad SMARTS) is 1. The SMILES string of the molecule is COc1cc(CCc2nc(N(C)CCOc3ccccc3C)ncc2C(=O)O)ccc1C. The number of anilines is 1. The van der Waals surface area contributed by atoms with Crippen molar-refractivity contribution in [2.24, 2.45) is 0 Å². The van der Waals surface area contributed by atoms with Crippen LogP contribution in [0, 0.1) is 13.8 Å². The molecular formula is C25H29N3O4. The lowest BCUT2D eigenvalue weighted by Crippen LogP contribution is -2.26. The number of ether oxygens (including phenoxy) is 2. The molecular weight excluding hydrogens is 406 g/mol. The van der Waals surface area contributed by atoms with Crippen molar-refractivity contribution in [1.82, 2.24) is 9.97 Å². The molecule has 0 aliphatic carbocycles. The number of carboxylic acids is 1. The van der Waals surface area contributed by atoms with Crippen molar-refractivity contribution in [1.29, 1.82) is 0 Å². The Balaban J connectivity index is 1.69. The minimum absolute atomic E-state index is 0.123. The average molecular weight is 436 g/mol. The summed E-state index contributed by atoms with van der Waals surface area (Å²) in [6, 6.07) is 13.9. The number of aromatic nitrogens is 2. The largest absolute Gasteiger partial charge is 0.496 e. The van der Waals surface area contributed by atoms with E-state index in [0.29, 0.717) is 37.6 Å². The van der Waals surface area contributed by atoms with E-state index >= 15 is 0 Å². The van der Waals surface area contributed by atoms with Gasteiger partial charge in [-0.1, -0.05) is 30.3 Å². The molecule has 0 saturated carbocycles. The third kappa shape index (κ3) is 5.75. The molecule has 168 valence electrons. The van der Waals surface area contributed by atoms with Crippen LogP contribution in [0.4, 0.5) is 5.95 Å². The van der Waals surface area contributed by atoms with Gasteiger partial charge in [0.05, 0.1) is 24.9 Å². The van der Waals surface area contributed by atoms with Crippen LogP contribution in [0.5, 0.6) is 11.5 Å². The predicted octanol–water partition coefficient (Wildman–Crippen LogP) is 4.10. The molecule has 0 bridgehead atoms. The molecule has 0 spiro atoms. The van der Waals surface area contributed by atoms with Crippen molar-refractivity contribution in [3.8, 4) is 11.5 Å². The number of rotatable bonds is 10. The Hall–Kier alpha value is -3.61. The first-order valence-corrected chi connectivity index (χ1v) is 10.5. The van der Waals surface area contributed by atoms with E-state index in [-0.39, 0.29) is 5.56 Å². The highest BCUT2D eigenvalue weighted by molar-refractivity contribution is 5.88. The quantitative estimate of drug-likeness (QED) is 0.513. The van der Waals surface area contributed by atoms with Crippen molar-refractivity contribution in [2.45, 2.75) is 26.7 Å². The highest BCUT2D eigenvalue weighted by atomic mass is 16.5. The molecule has 0 radical (unpaired) electrons. The molecule has 32 heavy (non-hydrogen) atoms. The highest BCUT2D eigenvalue weighted by Gasteiger charge is 2.16. The fraction of sp³-hybridized carbons (Fsp3) is 0.320. The van der Waals surface area contributed by atoms with Gasteiger partial charge in [-0.3, -0.25) is 0 Å². The van der Waals surface area contributed by atoms with Crippen LogP contribution in [0.15, 0.2) is 48.7 Å². The summed E-state index contributed by atoms with van der Waals surface area (Å²) in [6.45, 7) is 5.02. The maximum atomic E-state index is 11.7. The summed E-state index contributed by atoms with van der Waals surface area (Å²) in [7, 11) is 3.51. The zero-order chi connectivity index (χ0) is 23.1. The molecule has 7 nitrogen and oxygen atoms in total. The van der Waals surface area contributed by atoms with Crippen LogP contribution in [0.2, 0.25) is 0 Å². The van der Waals surface area contributed by atoms with Crippen LogP contribution in [0.25, 0.3) is 0 Å². The van der Waals surface area contributed by atoms with Gasteiger partial charge in [-0.2, -0.15) is 0 Å². The molecule has 0 aliphatic rings. The Bertz CT molecular complexity index is 1080. The van der Waals surface area contributed by atoms with Crippen LogP contribution in [0.3, 0.4) is 0 Å². The number of carbonyl (C=O) groups is 1. The Kier molecular flexibility index (Phi) is 7.65. The van der Waals surface area contributed by atoms with Crippen molar-refractivity contribution in [3.63, 3.8) is 0 Å². The second-order valence-corrected chi connectivity index (χ2v) is 7.68. The summed E-state index contributed by atoms with van der Waals surface area (Å²) in [5.74, 6) is 1.11. The molecule has 1 heterocycles. The number of aryl methyl sites for hydroxylation is 4. The molecule has 3 aromatic rings. The third-order valence-electron chi connectivity index (χ3n) is 5.33. The molecule has 0 fully saturated rings. The summed E-state index contributed by atoms with van der Waals surface area (Å²) in [5, 5.41) is 9.57. The number of methoxy groups -OCH3 is 1. The first-order chi connectivity index (χ1) is 15.4. The van der Waals surface area contributed by atoms with Gasteiger partial charge in [-0.05, 0) is 55.5 Å². The van der Waals surface area contributed by atoms with Crippen molar-refractivity contribution >= 4 is 11.9 Å². The topological polar surface area (TPSA) is 84.8 Å². The Labute approximate surface area is 188 Å². The van der Waals surface area contributed by atoms with Gasteiger partial charge in [-0.25, -0.2) is 14.8 Å². The summed E-state index contributed by atoms with van der Waals surface area (Å²) >= 11 is 0. The number of para-hydroxylation sites is 1. The van der Waals surface area contributed by atoms with E-state index in [1.165, 1.54) is 6.20 Å². The van der Waals surface area contributed by atoms with Gasteiger partial charge in [0.25, 0.3) is 0 Å². The van der Waals surface area contributed by atoms with Crippen molar-refractivity contribution in [3.05, 3.63) is 76.6 Å². The van der Waals surface area contributed by atoms with E-state index in [9.17, 15) is 9.90 Å². The molecule has 0 amide bonds. The van der Waals surface area contributed by atoms with Gasteiger partial charge in [0.2, 0.25) is 5.95 Å². The molecule has 3 rings (SSSR count). The zero-order valence-corrected chi connectivity index (χ0v) is 19.0. The molecule has 0 saturated heterocycles. The normalized spacial score (nSPS) is 10.6. The lowest BCUT2D eigenvalue weighted by Gasteiger charge is -2.19. The lowest BCUT2D eigenvalue weighted by molar-refractivity contribution is 0.0694. The molecule has 7 heteroatoms. The number of likely N-dealkylation sites (N-methyl/N-ethyl adjacent to an activating group) is 1. The van der Waals surface area contributed by atoms with E-state index in [2.05, 4.69) is 9.97 Å². The molecule has 0 unspecified atom stereocenters. The minimum Gasteiger partial charge on any atom is -0.496 e. The minimum atomic E-state index is -1.03. The monoisotopic (exact) mass is 435 g/mol. The maximum Gasteiger partial charge on any atom is 0.339 e. The van der Waals surface area contributed by atoms with Gasteiger partial charge in [0.1, 0.15) is 18.1 Å². The standard InChI is InChI=1S/C25H29N3O4/c1-17-7-5-6-8-22(17)32-14-13-28(3)25-26-16-20(24(29)30)21(27-25)12-11-19-10-9-18(2)23(15-19)31-4/h5-10,15-16H,11-14H2,1-4H3,(H,29,30). The van der Waals surface area contributed by atoms with Gasteiger partial charge in [0.15, 0.2) is 0 Å². The van der Waals surface area contributed by atoms with Gasteiger partial charge in [-0.15, -0.1) is 0 Å². The number of hydrogen-bond acceptors (Lipinski definition) is 6. The second kappa shape index (κ2) is 10.6. The smallest absolute Gasteiger partial charge is 0.339 e. The number of nitrogens with zero attached hydrogens (tertiary/aromatic N) is 3. The van der Waals surface area contributed by atoms with Crippen LogP contribution in [0.1, 0.15) is 32.7 Å². The second-order valence-electron chi connectivity index (χ2n) is 7.68. The number of aromatic carboxylic acids is 1. The van der Waals surface area contributed by atoms with Crippen LogP contribution < -0.4 is 14.4 Å². The summed E-state index contributed by atoms with van der Waals surface area (Å²) in [4.78, 5) is 22.4. The summed E-state index contributed by atoms with van der Waals surface area (Å²) in [6.07, 6.45) is 2.51. The summed E-state index contributed by atoms with van der Waals surface area (Å²) in [5.41, 5.74) is 3.82. The number of benzene rings is 2. The first kappa shape index (κ1) is 23.1. The molecule has 0 atom stereocenters. The first-order valence-electron chi connectivity index (χ1n) is 10.5. The third-order valence-corrected chi connectivity index (χ3v) is 5.33. The van der Waals surface area contributed by atoms with E-state index in [0.717, 1.165) is 28.2 Å². The van der Waals surface area contributed by atoms with Gasteiger partial charge in [0, 0.05) is 13.2 Å². The Morgan fingerprint density at radius 1 is 1.06 bits per heavy atom. The van der Waals surface area contributed by atoms with Crippen LogP contribution in [-0.2, 0) is 12.8 Å². The molecule has 1 aromatic heterocycles. The average Bonchev–Trinajstić information content (AvgIpc) is 2.79. The van der Waals surface area contributed by atoms with E-state index in [4.69, 9.17) is 9.47 Å². The summed E-state index contributed by atoms with van der Waals surface area (Å²) < 4.78 is 11.2. The van der Waals surface area contributed by atoms with Crippen LogP contribution in [-0.4, -0.2) is 48.4 Å². The highest BCUT2D eigenvalue weighted by Crippen LogP contribution is 2.21. The zero-order valence-electron chi connectivity index (χ0n) is 19.0. The van der Waals surface area contributed by atoms with E-state index < -0.39 is 5.97 Å². The van der Waals surface area contributed by atoms with Crippen molar-refractivity contribution in [2.75, 3.05) is 32.2 Å². The lowest BCUT2D eigenvalue weighted by atomic mass is 10.0.